The van der Waals surface area contributed by atoms with Crippen LogP contribution in [0.3, 0.4) is 0 Å². The van der Waals surface area contributed by atoms with Crippen molar-refractivity contribution in [2.45, 2.75) is 25.4 Å². The monoisotopic (exact) mass is 268 g/mol. The lowest BCUT2D eigenvalue weighted by atomic mass is 10.1. The molecular weight excluding hydrogens is 251 g/mol. The summed E-state index contributed by atoms with van der Waals surface area (Å²) in [7, 11) is 0. The van der Waals surface area contributed by atoms with Gasteiger partial charge in [-0.3, -0.25) is 0 Å². The van der Waals surface area contributed by atoms with Gasteiger partial charge in [0.1, 0.15) is 18.2 Å². The Morgan fingerprint density at radius 3 is 3.05 bits per heavy atom. The first-order chi connectivity index (χ1) is 9.22. The molecule has 5 nitrogen and oxygen atoms in total. The Morgan fingerprint density at radius 2 is 2.37 bits per heavy atom. The molecule has 1 unspecified atom stereocenters. The highest BCUT2D eigenvalue weighted by Gasteiger charge is 2.18. The van der Waals surface area contributed by atoms with Crippen LogP contribution in [0.25, 0.3) is 0 Å². The number of halogens is 1. The summed E-state index contributed by atoms with van der Waals surface area (Å²) in [6.45, 7) is 1.05. The van der Waals surface area contributed by atoms with Crippen LogP contribution < -0.4 is 10.5 Å². The van der Waals surface area contributed by atoms with E-state index >= 15 is 0 Å². The third kappa shape index (κ3) is 3.35. The molecule has 1 heterocycles. The zero-order valence-electron chi connectivity index (χ0n) is 10.5. The number of hydrogen-bond acceptors (Lipinski definition) is 4. The first kappa shape index (κ1) is 13.6. The molecule has 0 aromatic heterocycles. The average Bonchev–Trinajstić information content (AvgIpc) is 2.45. The third-order valence-electron chi connectivity index (χ3n) is 3.04. The molecule has 0 amide bonds. The predicted molar refractivity (Wildman–Crippen MR) is 68.0 cm³/mol. The first-order valence-electron chi connectivity index (χ1n) is 6.23. The lowest BCUT2D eigenvalue weighted by Gasteiger charge is -2.23. The van der Waals surface area contributed by atoms with Gasteiger partial charge in [-0.25, -0.2) is 4.39 Å². The Bertz CT molecular complexity index is 459. The number of nitrogens with two attached hydrogens (primary N) is 1. The highest BCUT2D eigenvalue weighted by molar-refractivity contribution is 5.99. The van der Waals surface area contributed by atoms with Gasteiger partial charge in [0.2, 0.25) is 0 Å². The average molecular weight is 268 g/mol. The van der Waals surface area contributed by atoms with E-state index < -0.39 is 5.82 Å². The first-order valence-corrected chi connectivity index (χ1v) is 6.23. The number of hydrogen-bond donors (Lipinski definition) is 2. The molecule has 0 bridgehead atoms. The van der Waals surface area contributed by atoms with Crippen LogP contribution in [0, 0.1) is 5.82 Å². The molecular formula is C13H17FN2O3. The van der Waals surface area contributed by atoms with Crippen molar-refractivity contribution < 1.29 is 19.1 Å². The molecule has 3 N–H and O–H groups in total. The minimum atomic E-state index is -0.586. The second-order valence-corrected chi connectivity index (χ2v) is 4.40. The van der Waals surface area contributed by atoms with Gasteiger partial charge in [0, 0.05) is 6.61 Å². The SMILES string of the molecule is N/C(=N\O)c1c(F)cccc1OCC1CCCCO1. The zero-order valence-corrected chi connectivity index (χ0v) is 10.5. The van der Waals surface area contributed by atoms with E-state index in [9.17, 15) is 4.39 Å². The quantitative estimate of drug-likeness (QED) is 0.378. The van der Waals surface area contributed by atoms with Crippen molar-refractivity contribution in [2.24, 2.45) is 10.9 Å². The summed E-state index contributed by atoms with van der Waals surface area (Å²) in [5.74, 6) is -0.639. The molecule has 19 heavy (non-hydrogen) atoms. The van der Waals surface area contributed by atoms with E-state index in [0.29, 0.717) is 6.61 Å². The topological polar surface area (TPSA) is 77.1 Å². The van der Waals surface area contributed by atoms with Crippen molar-refractivity contribution in [3.05, 3.63) is 29.6 Å². The van der Waals surface area contributed by atoms with Gasteiger partial charge in [0.05, 0.1) is 11.7 Å². The zero-order chi connectivity index (χ0) is 13.7. The van der Waals surface area contributed by atoms with E-state index in [-0.39, 0.29) is 23.3 Å². The van der Waals surface area contributed by atoms with Crippen molar-refractivity contribution in [2.75, 3.05) is 13.2 Å². The van der Waals surface area contributed by atoms with E-state index in [1.165, 1.54) is 12.1 Å². The molecule has 1 saturated heterocycles. The second-order valence-electron chi connectivity index (χ2n) is 4.40. The fourth-order valence-electron chi connectivity index (χ4n) is 2.04. The molecule has 104 valence electrons. The highest BCUT2D eigenvalue weighted by atomic mass is 19.1. The van der Waals surface area contributed by atoms with Crippen LogP contribution in [0.15, 0.2) is 23.4 Å². The summed E-state index contributed by atoms with van der Waals surface area (Å²) in [5.41, 5.74) is 5.43. The predicted octanol–water partition coefficient (Wildman–Crippen LogP) is 1.87. The summed E-state index contributed by atoms with van der Waals surface area (Å²) in [6, 6.07) is 4.33. The van der Waals surface area contributed by atoms with Crippen LogP contribution in [0.1, 0.15) is 24.8 Å². The fraction of sp³-hybridized carbons (Fsp3) is 0.462. The summed E-state index contributed by atoms with van der Waals surface area (Å²) < 4.78 is 24.7. The van der Waals surface area contributed by atoms with Crippen LogP contribution in [0.5, 0.6) is 5.75 Å². The maximum absolute atomic E-state index is 13.7. The van der Waals surface area contributed by atoms with Gasteiger partial charge in [-0.2, -0.15) is 0 Å². The Morgan fingerprint density at radius 1 is 1.53 bits per heavy atom. The largest absolute Gasteiger partial charge is 0.490 e. The molecule has 1 aliphatic rings. The number of rotatable bonds is 4. The Hall–Kier alpha value is -1.82. The Kier molecular flexibility index (Phi) is 4.57. The lowest BCUT2D eigenvalue weighted by Crippen LogP contribution is -2.26. The van der Waals surface area contributed by atoms with E-state index in [4.69, 9.17) is 20.4 Å². The summed E-state index contributed by atoms with van der Waals surface area (Å²) in [5, 5.41) is 11.5. The third-order valence-corrected chi connectivity index (χ3v) is 3.04. The van der Waals surface area contributed by atoms with Crippen molar-refractivity contribution >= 4 is 5.84 Å². The molecule has 1 atom stereocenters. The summed E-state index contributed by atoms with van der Waals surface area (Å²) in [4.78, 5) is 0. The number of benzene rings is 1. The van der Waals surface area contributed by atoms with Crippen LogP contribution in [0.4, 0.5) is 4.39 Å². The fourth-order valence-corrected chi connectivity index (χ4v) is 2.04. The summed E-state index contributed by atoms with van der Waals surface area (Å²) in [6.07, 6.45) is 3.10. The minimum Gasteiger partial charge on any atom is -0.490 e. The highest BCUT2D eigenvalue weighted by Crippen LogP contribution is 2.22. The number of oxime groups is 1. The Labute approximate surface area is 110 Å². The van der Waals surface area contributed by atoms with Crippen LogP contribution >= 0.6 is 0 Å². The smallest absolute Gasteiger partial charge is 0.176 e. The normalized spacial score (nSPS) is 20.3. The van der Waals surface area contributed by atoms with E-state index in [0.717, 1.165) is 25.9 Å². The van der Waals surface area contributed by atoms with Crippen LogP contribution in [-0.4, -0.2) is 30.4 Å². The molecule has 1 aliphatic heterocycles. The molecule has 6 heteroatoms. The van der Waals surface area contributed by atoms with Crippen LogP contribution in [-0.2, 0) is 4.74 Å². The van der Waals surface area contributed by atoms with Gasteiger partial charge in [0.25, 0.3) is 0 Å². The second kappa shape index (κ2) is 6.38. The van der Waals surface area contributed by atoms with E-state index in [2.05, 4.69) is 5.16 Å². The molecule has 1 aromatic rings. The summed E-state index contributed by atoms with van der Waals surface area (Å²) >= 11 is 0. The minimum absolute atomic E-state index is 0.0113. The van der Waals surface area contributed by atoms with Gasteiger partial charge >= 0.3 is 0 Å². The van der Waals surface area contributed by atoms with Gasteiger partial charge < -0.3 is 20.4 Å². The number of amidine groups is 1. The lowest BCUT2D eigenvalue weighted by molar-refractivity contribution is -0.0111. The maximum Gasteiger partial charge on any atom is 0.176 e. The van der Waals surface area contributed by atoms with E-state index in [1.54, 1.807) is 6.07 Å². The molecule has 0 radical (unpaired) electrons. The molecule has 1 aromatic carbocycles. The van der Waals surface area contributed by atoms with Crippen molar-refractivity contribution in [3.63, 3.8) is 0 Å². The Balaban J connectivity index is 2.09. The number of nitrogens with zero attached hydrogens (tertiary/aromatic N) is 1. The molecule has 0 saturated carbocycles. The van der Waals surface area contributed by atoms with Gasteiger partial charge in [-0.1, -0.05) is 11.2 Å². The molecule has 1 fully saturated rings. The van der Waals surface area contributed by atoms with Crippen LogP contribution in [0.2, 0.25) is 0 Å². The van der Waals surface area contributed by atoms with E-state index in [1.807, 2.05) is 0 Å². The number of ether oxygens (including phenoxy) is 2. The van der Waals surface area contributed by atoms with Crippen molar-refractivity contribution in [1.29, 1.82) is 0 Å². The van der Waals surface area contributed by atoms with Crippen molar-refractivity contribution in [1.82, 2.24) is 0 Å². The molecule has 0 aliphatic carbocycles. The van der Waals surface area contributed by atoms with Gasteiger partial charge in [0.15, 0.2) is 5.84 Å². The standard InChI is InChI=1S/C13H17FN2O3/c14-10-5-3-6-11(12(10)13(15)16-17)19-8-9-4-1-2-7-18-9/h3,5-6,9,17H,1-2,4,7-8H2,(H2,15,16). The molecule has 2 rings (SSSR count). The van der Waals surface area contributed by atoms with Gasteiger partial charge in [-0.15, -0.1) is 0 Å². The van der Waals surface area contributed by atoms with Crippen molar-refractivity contribution in [3.8, 4) is 5.75 Å². The maximum atomic E-state index is 13.7. The van der Waals surface area contributed by atoms with Gasteiger partial charge in [-0.05, 0) is 31.4 Å². The molecule has 0 spiro atoms.